The summed E-state index contributed by atoms with van der Waals surface area (Å²) in [4.78, 5) is 25.0. The maximum Gasteiger partial charge on any atom is 0.220 e. The monoisotopic (exact) mass is 403 g/mol. The van der Waals surface area contributed by atoms with E-state index in [1.165, 1.54) is 40.6 Å². The van der Waals surface area contributed by atoms with Crippen molar-refractivity contribution in [3.05, 3.63) is 45.6 Å². The second kappa shape index (κ2) is 8.43. The van der Waals surface area contributed by atoms with E-state index < -0.39 is 24.2 Å². The van der Waals surface area contributed by atoms with Crippen LogP contribution in [0.1, 0.15) is 34.6 Å². The first kappa shape index (κ1) is 16.7. The Kier molecular flexibility index (Phi) is 4.85. The molecule has 7 heteroatoms. The molecule has 0 spiro atoms. The molecule has 0 saturated heterocycles. The molecular formula is C22H25NO6. The third-order valence-corrected chi connectivity index (χ3v) is 5.03. The fourth-order valence-electron chi connectivity index (χ4n) is 3.77. The Morgan fingerprint density at radius 2 is 1.76 bits per heavy atom. The highest BCUT2D eigenvalue weighted by molar-refractivity contribution is 5.83. The molecule has 1 N–H and O–H groups in total. The summed E-state index contributed by atoms with van der Waals surface area (Å²) in [5.74, 6) is 0.276. The van der Waals surface area contributed by atoms with Crippen LogP contribution >= 0.6 is 0 Å². The van der Waals surface area contributed by atoms with Gasteiger partial charge in [0.2, 0.25) is 17.1 Å². The standard InChI is InChI=1S/C22H25NO6/c1-12(24)23-16-8-6-13-10-19(27-3)21(28-4)22(29-5)20(13)14-7-9-18(26-2)17(25)11-15(14)16/h7,9-11,16H,6,8H2,1-5H3,(H,23,24)/t16-/m0/s1/i1+1D3. The molecule has 2 aromatic rings. The van der Waals surface area contributed by atoms with Gasteiger partial charge in [0, 0.05) is 16.5 Å². The quantitative estimate of drug-likeness (QED) is 0.773. The maximum absolute atomic E-state index is 12.7. The normalized spacial score (nSPS) is 16.7. The molecule has 0 saturated carbocycles. The molecule has 0 heterocycles. The van der Waals surface area contributed by atoms with Crippen LogP contribution < -0.4 is 29.7 Å². The number of amides is 1. The van der Waals surface area contributed by atoms with Crippen LogP contribution in [-0.2, 0) is 11.2 Å². The van der Waals surface area contributed by atoms with Crippen LogP contribution in [0.5, 0.6) is 23.0 Å². The number of rotatable bonds is 5. The number of ether oxygens (including phenoxy) is 4. The molecule has 0 unspecified atom stereocenters. The zero-order valence-electron chi connectivity index (χ0n) is 19.8. The van der Waals surface area contributed by atoms with Crippen molar-refractivity contribution in [2.24, 2.45) is 0 Å². The van der Waals surface area contributed by atoms with Crippen molar-refractivity contribution in [3.63, 3.8) is 0 Å². The summed E-state index contributed by atoms with van der Waals surface area (Å²) in [6, 6.07) is 5.69. The van der Waals surface area contributed by atoms with Gasteiger partial charge in [0.1, 0.15) is 0 Å². The minimum Gasteiger partial charge on any atom is -0.493 e. The molecule has 0 bridgehead atoms. The van der Waals surface area contributed by atoms with E-state index in [1.54, 1.807) is 6.07 Å². The van der Waals surface area contributed by atoms with Gasteiger partial charge in [-0.15, -0.1) is 0 Å². The fourth-order valence-corrected chi connectivity index (χ4v) is 3.77. The lowest BCUT2D eigenvalue weighted by Gasteiger charge is -2.19. The van der Waals surface area contributed by atoms with Crippen LogP contribution in [0.3, 0.4) is 0 Å². The molecule has 3 rings (SSSR count). The summed E-state index contributed by atoms with van der Waals surface area (Å²) in [7, 11) is 5.90. The van der Waals surface area contributed by atoms with E-state index in [1.807, 2.05) is 6.07 Å². The third kappa shape index (κ3) is 3.72. The van der Waals surface area contributed by atoms with E-state index in [4.69, 9.17) is 23.1 Å². The first-order valence-corrected chi connectivity index (χ1v) is 9.01. The van der Waals surface area contributed by atoms with Gasteiger partial charge in [-0.05, 0) is 47.7 Å². The second-order valence-corrected chi connectivity index (χ2v) is 6.52. The molecule has 0 aliphatic heterocycles. The van der Waals surface area contributed by atoms with Gasteiger partial charge in [0.25, 0.3) is 0 Å². The number of aryl methyl sites for hydroxylation is 1. The molecule has 1 aliphatic rings. The zero-order valence-corrected chi connectivity index (χ0v) is 16.8. The highest BCUT2D eigenvalue weighted by Crippen LogP contribution is 2.50. The van der Waals surface area contributed by atoms with E-state index in [0.29, 0.717) is 46.8 Å². The number of methoxy groups -OCH3 is 4. The Morgan fingerprint density at radius 1 is 1.03 bits per heavy atom. The average molecular weight is 403 g/mol. The molecule has 1 amide bonds. The Balaban J connectivity index is 2.35. The van der Waals surface area contributed by atoms with Gasteiger partial charge in [-0.3, -0.25) is 9.59 Å². The molecule has 0 radical (unpaired) electrons. The molecular weight excluding hydrogens is 375 g/mol. The number of hydrogen-bond donors (Lipinski definition) is 1. The van der Waals surface area contributed by atoms with Crippen LogP contribution in [0.2, 0.25) is 0 Å². The smallest absolute Gasteiger partial charge is 0.220 e. The molecule has 154 valence electrons. The molecule has 0 fully saturated rings. The highest BCUT2D eigenvalue weighted by atomic mass is 16.5. The Hall–Kier alpha value is -3.22. The summed E-state index contributed by atoms with van der Waals surface area (Å²) in [5.41, 5.74) is 2.16. The number of hydrogen-bond acceptors (Lipinski definition) is 6. The minimum absolute atomic E-state index is 0.111. The van der Waals surface area contributed by atoms with Crippen molar-refractivity contribution in [3.8, 4) is 34.1 Å². The van der Waals surface area contributed by atoms with Crippen molar-refractivity contribution in [1.82, 2.24) is 5.32 Å². The summed E-state index contributed by atoms with van der Waals surface area (Å²) < 4.78 is 44.1. The zero-order chi connectivity index (χ0) is 23.6. The van der Waals surface area contributed by atoms with Crippen LogP contribution in [0, 0.1) is 0 Å². The van der Waals surface area contributed by atoms with Crippen LogP contribution in [0.15, 0.2) is 29.1 Å². The van der Waals surface area contributed by atoms with E-state index in [0.717, 1.165) is 5.56 Å². The Labute approximate surface area is 173 Å². The van der Waals surface area contributed by atoms with Crippen molar-refractivity contribution < 1.29 is 27.9 Å². The molecule has 1 atom stereocenters. The van der Waals surface area contributed by atoms with E-state index in [9.17, 15) is 9.59 Å². The van der Waals surface area contributed by atoms with Gasteiger partial charge in [-0.1, -0.05) is 6.07 Å². The number of carbonyl (C=O) groups is 1. The lowest BCUT2D eigenvalue weighted by molar-refractivity contribution is -0.119. The van der Waals surface area contributed by atoms with Crippen LogP contribution in [-0.4, -0.2) is 34.3 Å². The third-order valence-electron chi connectivity index (χ3n) is 5.03. The lowest BCUT2D eigenvalue weighted by Crippen LogP contribution is -2.26. The van der Waals surface area contributed by atoms with E-state index >= 15 is 0 Å². The maximum atomic E-state index is 12.7. The summed E-state index contributed by atoms with van der Waals surface area (Å²) in [6.45, 7) is -2.82. The van der Waals surface area contributed by atoms with Gasteiger partial charge in [-0.25, -0.2) is 0 Å². The topological polar surface area (TPSA) is 83.1 Å². The molecule has 2 aromatic carbocycles. The van der Waals surface area contributed by atoms with Gasteiger partial charge in [0.05, 0.1) is 34.5 Å². The van der Waals surface area contributed by atoms with Crippen LogP contribution in [0.4, 0.5) is 0 Å². The highest BCUT2D eigenvalue weighted by Gasteiger charge is 2.29. The van der Waals surface area contributed by atoms with Gasteiger partial charge >= 0.3 is 0 Å². The first-order valence-electron chi connectivity index (χ1n) is 10.5. The molecule has 1 aliphatic carbocycles. The summed E-state index contributed by atoms with van der Waals surface area (Å²) in [5, 5.41) is 2.58. The molecule has 7 nitrogen and oxygen atoms in total. The summed E-state index contributed by atoms with van der Waals surface area (Å²) >= 11 is 0. The van der Waals surface area contributed by atoms with Crippen molar-refractivity contribution in [2.75, 3.05) is 28.4 Å². The van der Waals surface area contributed by atoms with Crippen molar-refractivity contribution in [2.45, 2.75) is 25.7 Å². The first-order chi connectivity index (χ1) is 15.2. The van der Waals surface area contributed by atoms with E-state index in [2.05, 4.69) is 5.32 Å². The fraction of sp³-hybridized carbons (Fsp3) is 0.364. The van der Waals surface area contributed by atoms with Gasteiger partial charge in [0.15, 0.2) is 17.2 Å². The van der Waals surface area contributed by atoms with Crippen LogP contribution in [0.25, 0.3) is 11.1 Å². The van der Waals surface area contributed by atoms with Gasteiger partial charge < -0.3 is 24.3 Å². The molecule has 0 aromatic heterocycles. The lowest BCUT2D eigenvalue weighted by atomic mass is 9.95. The predicted octanol–water partition coefficient (Wildman–Crippen LogP) is 2.87. The number of benzene rings is 1. The number of nitrogens with one attached hydrogen (secondary N) is 1. The Morgan fingerprint density at radius 3 is 2.38 bits per heavy atom. The largest absolute Gasteiger partial charge is 0.493 e. The number of fused-ring (bicyclic) bond motifs is 3. The van der Waals surface area contributed by atoms with Gasteiger partial charge in [-0.2, -0.15) is 0 Å². The SMILES string of the molecule is [2H][13C]([2H])([2H])C(=O)N[C@H]1CCc2cc(OC)c(OC)c(OC)c2-c2ccc(OC)c(=O)cc21. The number of carbonyl (C=O) groups excluding carboxylic acids is 1. The second-order valence-electron chi connectivity index (χ2n) is 6.52. The van der Waals surface area contributed by atoms with Crippen molar-refractivity contribution in [1.29, 1.82) is 0 Å². The predicted molar refractivity (Wildman–Crippen MR) is 109 cm³/mol. The van der Waals surface area contributed by atoms with E-state index in [-0.39, 0.29) is 5.75 Å². The molecule has 29 heavy (non-hydrogen) atoms. The average Bonchev–Trinajstić information content (AvgIpc) is 3.00. The minimum atomic E-state index is -2.82. The Bertz CT molecular complexity index is 1100. The summed E-state index contributed by atoms with van der Waals surface area (Å²) in [6.07, 6.45) is 0.813. The van der Waals surface area contributed by atoms with Crippen molar-refractivity contribution >= 4 is 5.91 Å².